The molecule has 1 N–H and O–H groups in total. The van der Waals surface area contributed by atoms with Gasteiger partial charge in [-0.3, -0.25) is 4.98 Å². The van der Waals surface area contributed by atoms with Gasteiger partial charge in [0, 0.05) is 17.2 Å². The summed E-state index contributed by atoms with van der Waals surface area (Å²) in [6, 6.07) is 2.08. The van der Waals surface area contributed by atoms with Gasteiger partial charge in [-0.05, 0) is 40.3 Å². The first-order valence-electron chi connectivity index (χ1n) is 5.60. The third-order valence-electron chi connectivity index (χ3n) is 3.31. The molecule has 1 aliphatic rings. The third kappa shape index (κ3) is 2.94. The Hall–Kier alpha value is -0.570. The summed E-state index contributed by atoms with van der Waals surface area (Å²) in [7, 11) is 0. The standard InChI is InChI=1S/C12H17BrN2/c1-9-3-2-4-10(9)6-15-12-5-11(13)7-14-8-12/h5,7-10,15H,2-4,6H2,1H3. The zero-order valence-corrected chi connectivity index (χ0v) is 10.6. The van der Waals surface area contributed by atoms with Gasteiger partial charge in [0.05, 0.1) is 11.9 Å². The van der Waals surface area contributed by atoms with Crippen molar-refractivity contribution in [3.63, 3.8) is 0 Å². The van der Waals surface area contributed by atoms with E-state index in [2.05, 4.69) is 39.2 Å². The summed E-state index contributed by atoms with van der Waals surface area (Å²) >= 11 is 3.43. The number of aromatic nitrogens is 1. The van der Waals surface area contributed by atoms with Crippen LogP contribution in [0.15, 0.2) is 22.9 Å². The SMILES string of the molecule is CC1CCCC1CNc1cncc(Br)c1. The molecular weight excluding hydrogens is 252 g/mol. The Morgan fingerprint density at radius 2 is 2.33 bits per heavy atom. The molecular formula is C12H17BrN2. The predicted molar refractivity (Wildman–Crippen MR) is 66.9 cm³/mol. The maximum atomic E-state index is 4.14. The van der Waals surface area contributed by atoms with Crippen LogP contribution in [0.4, 0.5) is 5.69 Å². The van der Waals surface area contributed by atoms with Crippen LogP contribution in [0.3, 0.4) is 0 Å². The minimum Gasteiger partial charge on any atom is -0.383 e. The van der Waals surface area contributed by atoms with Crippen LogP contribution in [0.1, 0.15) is 26.2 Å². The van der Waals surface area contributed by atoms with E-state index in [4.69, 9.17) is 0 Å². The fourth-order valence-electron chi connectivity index (χ4n) is 2.28. The van der Waals surface area contributed by atoms with E-state index in [0.717, 1.165) is 28.5 Å². The molecule has 0 aromatic carbocycles. The van der Waals surface area contributed by atoms with Gasteiger partial charge in [0.2, 0.25) is 0 Å². The van der Waals surface area contributed by atoms with E-state index in [-0.39, 0.29) is 0 Å². The van der Waals surface area contributed by atoms with Gasteiger partial charge < -0.3 is 5.32 Å². The Morgan fingerprint density at radius 3 is 3.00 bits per heavy atom. The second kappa shape index (κ2) is 4.97. The average Bonchev–Trinajstić information content (AvgIpc) is 2.61. The van der Waals surface area contributed by atoms with Crippen molar-refractivity contribution in [2.24, 2.45) is 11.8 Å². The molecule has 0 radical (unpaired) electrons. The minimum absolute atomic E-state index is 0.837. The van der Waals surface area contributed by atoms with Gasteiger partial charge in [-0.15, -0.1) is 0 Å². The highest BCUT2D eigenvalue weighted by Crippen LogP contribution is 2.31. The van der Waals surface area contributed by atoms with Crippen molar-refractivity contribution in [3.05, 3.63) is 22.9 Å². The summed E-state index contributed by atoms with van der Waals surface area (Å²) in [5, 5.41) is 3.47. The van der Waals surface area contributed by atoms with E-state index in [0.29, 0.717) is 0 Å². The van der Waals surface area contributed by atoms with Crippen molar-refractivity contribution >= 4 is 21.6 Å². The quantitative estimate of drug-likeness (QED) is 0.905. The van der Waals surface area contributed by atoms with Gasteiger partial charge in [-0.1, -0.05) is 19.8 Å². The van der Waals surface area contributed by atoms with E-state index in [1.165, 1.54) is 19.3 Å². The number of nitrogens with zero attached hydrogens (tertiary/aromatic N) is 1. The van der Waals surface area contributed by atoms with Gasteiger partial charge in [-0.2, -0.15) is 0 Å². The van der Waals surface area contributed by atoms with Crippen molar-refractivity contribution in [1.82, 2.24) is 4.98 Å². The Balaban J connectivity index is 1.87. The normalized spacial score (nSPS) is 25.5. The smallest absolute Gasteiger partial charge is 0.0538 e. The van der Waals surface area contributed by atoms with Crippen LogP contribution in [-0.2, 0) is 0 Å². The Morgan fingerprint density at radius 1 is 1.47 bits per heavy atom. The summed E-state index contributed by atoms with van der Waals surface area (Å²) in [5.74, 6) is 1.71. The Labute approximate surface area is 99.6 Å². The molecule has 15 heavy (non-hydrogen) atoms. The number of rotatable bonds is 3. The van der Waals surface area contributed by atoms with Crippen LogP contribution in [0.5, 0.6) is 0 Å². The number of hydrogen-bond acceptors (Lipinski definition) is 2. The van der Waals surface area contributed by atoms with Gasteiger partial charge >= 0.3 is 0 Å². The fourth-order valence-corrected chi connectivity index (χ4v) is 2.65. The summed E-state index contributed by atoms with van der Waals surface area (Å²) in [6.45, 7) is 3.44. The summed E-state index contributed by atoms with van der Waals surface area (Å²) < 4.78 is 1.03. The molecule has 0 aliphatic heterocycles. The topological polar surface area (TPSA) is 24.9 Å². The highest BCUT2D eigenvalue weighted by Gasteiger charge is 2.22. The van der Waals surface area contributed by atoms with Gasteiger partial charge in [0.1, 0.15) is 0 Å². The Kier molecular flexibility index (Phi) is 3.62. The van der Waals surface area contributed by atoms with E-state index in [1.54, 1.807) is 0 Å². The average molecular weight is 269 g/mol. The summed E-state index contributed by atoms with van der Waals surface area (Å²) in [5.41, 5.74) is 1.11. The van der Waals surface area contributed by atoms with Crippen LogP contribution in [0.25, 0.3) is 0 Å². The molecule has 0 bridgehead atoms. The lowest BCUT2D eigenvalue weighted by molar-refractivity contribution is 0.439. The van der Waals surface area contributed by atoms with Crippen LogP contribution >= 0.6 is 15.9 Å². The first-order chi connectivity index (χ1) is 7.25. The molecule has 2 nitrogen and oxygen atoms in total. The highest BCUT2D eigenvalue weighted by molar-refractivity contribution is 9.10. The van der Waals surface area contributed by atoms with Crippen molar-refractivity contribution in [3.8, 4) is 0 Å². The minimum atomic E-state index is 0.837. The lowest BCUT2D eigenvalue weighted by Crippen LogP contribution is -2.16. The summed E-state index contributed by atoms with van der Waals surface area (Å²) in [4.78, 5) is 4.14. The van der Waals surface area contributed by atoms with Crippen LogP contribution < -0.4 is 5.32 Å². The monoisotopic (exact) mass is 268 g/mol. The maximum Gasteiger partial charge on any atom is 0.0538 e. The molecule has 1 fully saturated rings. The fraction of sp³-hybridized carbons (Fsp3) is 0.583. The number of pyridine rings is 1. The van der Waals surface area contributed by atoms with Gasteiger partial charge in [0.15, 0.2) is 0 Å². The predicted octanol–water partition coefficient (Wildman–Crippen LogP) is 3.69. The van der Waals surface area contributed by atoms with Crippen LogP contribution in [0.2, 0.25) is 0 Å². The van der Waals surface area contributed by atoms with E-state index in [1.807, 2.05) is 12.4 Å². The zero-order chi connectivity index (χ0) is 10.7. The van der Waals surface area contributed by atoms with Gasteiger partial charge in [-0.25, -0.2) is 0 Å². The molecule has 1 aliphatic carbocycles. The number of anilines is 1. The van der Waals surface area contributed by atoms with E-state index in [9.17, 15) is 0 Å². The molecule has 2 unspecified atom stereocenters. The van der Waals surface area contributed by atoms with E-state index < -0.39 is 0 Å². The number of nitrogens with one attached hydrogen (secondary N) is 1. The van der Waals surface area contributed by atoms with Crippen molar-refractivity contribution < 1.29 is 0 Å². The van der Waals surface area contributed by atoms with Crippen molar-refractivity contribution in [2.45, 2.75) is 26.2 Å². The first kappa shape index (κ1) is 10.9. The lowest BCUT2D eigenvalue weighted by Gasteiger charge is -2.16. The molecule has 2 rings (SSSR count). The molecule has 2 atom stereocenters. The second-order valence-electron chi connectivity index (χ2n) is 4.44. The number of hydrogen-bond donors (Lipinski definition) is 1. The molecule has 0 amide bonds. The second-order valence-corrected chi connectivity index (χ2v) is 5.36. The molecule has 3 heteroatoms. The lowest BCUT2D eigenvalue weighted by atomic mass is 9.98. The highest BCUT2D eigenvalue weighted by atomic mass is 79.9. The summed E-state index contributed by atoms with van der Waals surface area (Å²) in [6.07, 6.45) is 7.84. The molecule has 0 saturated heterocycles. The molecule has 82 valence electrons. The molecule has 1 aromatic rings. The van der Waals surface area contributed by atoms with Crippen LogP contribution in [-0.4, -0.2) is 11.5 Å². The van der Waals surface area contributed by atoms with Crippen molar-refractivity contribution in [1.29, 1.82) is 0 Å². The van der Waals surface area contributed by atoms with Gasteiger partial charge in [0.25, 0.3) is 0 Å². The third-order valence-corrected chi connectivity index (χ3v) is 3.75. The maximum absolute atomic E-state index is 4.14. The molecule has 1 aromatic heterocycles. The van der Waals surface area contributed by atoms with E-state index >= 15 is 0 Å². The largest absolute Gasteiger partial charge is 0.383 e. The number of halogens is 1. The Bertz CT molecular complexity index is 327. The van der Waals surface area contributed by atoms with Crippen molar-refractivity contribution in [2.75, 3.05) is 11.9 Å². The van der Waals surface area contributed by atoms with Crippen LogP contribution in [0, 0.1) is 11.8 Å². The molecule has 0 spiro atoms. The zero-order valence-electron chi connectivity index (χ0n) is 9.04. The molecule has 1 saturated carbocycles. The first-order valence-corrected chi connectivity index (χ1v) is 6.39. The molecule has 1 heterocycles.